The molecule has 2 aromatic carbocycles. The summed E-state index contributed by atoms with van der Waals surface area (Å²) in [5.41, 5.74) is 5.13. The van der Waals surface area contributed by atoms with Crippen molar-refractivity contribution in [3.63, 3.8) is 0 Å². The maximum absolute atomic E-state index is 13.0. The lowest BCUT2D eigenvalue weighted by Gasteiger charge is -2.24. The number of likely N-dealkylation sites (tertiary alicyclic amines) is 1. The molecule has 250 valence electrons. The fraction of sp³-hybridized carbons (Fsp3) is 0.500. The molecule has 1 heterocycles. The summed E-state index contributed by atoms with van der Waals surface area (Å²) in [5.74, 6) is 1.57. The molecule has 0 aliphatic carbocycles. The molecular formula is C38H52N2O6. The van der Waals surface area contributed by atoms with Crippen LogP contribution in [0, 0.1) is 5.92 Å². The number of allylic oxidation sites excluding steroid dienone is 1. The van der Waals surface area contributed by atoms with E-state index in [1.165, 1.54) is 6.92 Å². The number of carbonyl (C=O) groups is 3. The molecule has 8 nitrogen and oxygen atoms in total. The van der Waals surface area contributed by atoms with Gasteiger partial charge in [0.2, 0.25) is 5.91 Å². The van der Waals surface area contributed by atoms with Gasteiger partial charge in [-0.3, -0.25) is 14.4 Å². The molecular weight excluding hydrogens is 580 g/mol. The molecule has 2 amide bonds. The van der Waals surface area contributed by atoms with E-state index in [2.05, 4.69) is 13.2 Å². The van der Waals surface area contributed by atoms with Crippen LogP contribution >= 0.6 is 0 Å². The molecule has 2 aromatic rings. The Labute approximate surface area is 275 Å². The molecule has 0 radical (unpaired) electrons. The molecule has 46 heavy (non-hydrogen) atoms. The average Bonchev–Trinajstić information content (AvgIpc) is 3.49. The minimum atomic E-state index is -0.183. The van der Waals surface area contributed by atoms with Gasteiger partial charge in [-0.1, -0.05) is 57.1 Å². The predicted octanol–water partition coefficient (Wildman–Crippen LogP) is 7.44. The number of amides is 2. The number of hydrogen-bond donors (Lipinski definition) is 0. The smallest absolute Gasteiger partial charge is 0.254 e. The monoisotopic (exact) mass is 632 g/mol. The summed E-state index contributed by atoms with van der Waals surface area (Å²) in [6, 6.07) is 9.29. The van der Waals surface area contributed by atoms with E-state index in [9.17, 15) is 14.4 Å². The Kier molecular flexibility index (Phi) is 13.9. The SMILES string of the molecule is C=C(CC)CC(C)C(=O)N(C)Cc1cc(OCCCCCCc2ccc(C(=O)N3CCC(=C)C3)cc2OC)c(OC)cc1C(C)=O. The third-order valence-electron chi connectivity index (χ3n) is 8.64. The number of nitrogens with zero attached hydrogens (tertiary/aromatic N) is 2. The normalized spacial score (nSPS) is 13.3. The summed E-state index contributed by atoms with van der Waals surface area (Å²) in [5, 5.41) is 0. The van der Waals surface area contributed by atoms with Crippen LogP contribution in [0.25, 0.3) is 0 Å². The highest BCUT2D eigenvalue weighted by atomic mass is 16.5. The van der Waals surface area contributed by atoms with Crippen LogP contribution in [0.4, 0.5) is 0 Å². The number of hydrogen-bond acceptors (Lipinski definition) is 6. The molecule has 0 N–H and O–H groups in total. The zero-order valence-electron chi connectivity index (χ0n) is 28.7. The van der Waals surface area contributed by atoms with Crippen LogP contribution in [0.3, 0.4) is 0 Å². The van der Waals surface area contributed by atoms with Crippen molar-refractivity contribution in [2.24, 2.45) is 5.92 Å². The van der Waals surface area contributed by atoms with Gasteiger partial charge in [-0.25, -0.2) is 0 Å². The zero-order chi connectivity index (χ0) is 33.8. The molecule has 1 saturated heterocycles. The Bertz CT molecular complexity index is 1410. The Morgan fingerprint density at radius 3 is 2.33 bits per heavy atom. The number of methoxy groups -OCH3 is 2. The van der Waals surface area contributed by atoms with Gasteiger partial charge in [0, 0.05) is 43.7 Å². The first-order valence-corrected chi connectivity index (χ1v) is 16.4. The van der Waals surface area contributed by atoms with Crippen LogP contribution in [0.1, 0.15) is 97.6 Å². The Hall–Kier alpha value is -4.07. The van der Waals surface area contributed by atoms with Crippen LogP contribution in [-0.2, 0) is 17.8 Å². The lowest BCUT2D eigenvalue weighted by atomic mass is 9.98. The van der Waals surface area contributed by atoms with Crippen LogP contribution in [0.5, 0.6) is 17.2 Å². The maximum Gasteiger partial charge on any atom is 0.254 e. The fourth-order valence-electron chi connectivity index (χ4n) is 5.82. The number of aryl methyl sites for hydroxylation is 1. The highest BCUT2D eigenvalue weighted by Crippen LogP contribution is 2.33. The summed E-state index contributed by atoms with van der Waals surface area (Å²) < 4.78 is 17.3. The Balaban J connectivity index is 1.52. The van der Waals surface area contributed by atoms with Crippen molar-refractivity contribution in [1.29, 1.82) is 0 Å². The number of unbranched alkanes of at least 4 members (excludes halogenated alkanes) is 3. The van der Waals surface area contributed by atoms with E-state index in [0.29, 0.717) is 48.7 Å². The number of ether oxygens (including phenoxy) is 3. The lowest BCUT2D eigenvalue weighted by Crippen LogP contribution is -2.32. The first-order valence-electron chi connectivity index (χ1n) is 16.4. The van der Waals surface area contributed by atoms with E-state index in [0.717, 1.165) is 79.5 Å². The predicted molar refractivity (Wildman–Crippen MR) is 183 cm³/mol. The number of carbonyl (C=O) groups excluding carboxylic acids is 3. The molecule has 0 spiro atoms. The molecule has 1 aliphatic heterocycles. The van der Waals surface area contributed by atoms with Crippen LogP contribution < -0.4 is 14.2 Å². The first kappa shape index (κ1) is 36.4. The van der Waals surface area contributed by atoms with Gasteiger partial charge in [0.25, 0.3) is 5.91 Å². The van der Waals surface area contributed by atoms with Crippen molar-refractivity contribution in [3.05, 3.63) is 76.9 Å². The largest absolute Gasteiger partial charge is 0.496 e. The van der Waals surface area contributed by atoms with Crippen LogP contribution in [0.2, 0.25) is 0 Å². The Morgan fingerprint density at radius 2 is 1.70 bits per heavy atom. The van der Waals surface area contributed by atoms with Crippen molar-refractivity contribution in [1.82, 2.24) is 9.80 Å². The first-order chi connectivity index (χ1) is 22.0. The maximum atomic E-state index is 13.0. The van der Waals surface area contributed by atoms with Gasteiger partial charge in [-0.15, -0.1) is 0 Å². The number of ketones is 1. The molecule has 8 heteroatoms. The van der Waals surface area contributed by atoms with Gasteiger partial charge in [0.05, 0.1) is 20.8 Å². The summed E-state index contributed by atoms with van der Waals surface area (Å²) in [6.07, 6.45) is 7.06. The minimum absolute atomic E-state index is 0.0122. The van der Waals surface area contributed by atoms with Gasteiger partial charge in [-0.2, -0.15) is 0 Å². The topological polar surface area (TPSA) is 85.4 Å². The molecule has 1 unspecified atom stereocenters. The molecule has 0 aromatic heterocycles. The second kappa shape index (κ2) is 17.6. The summed E-state index contributed by atoms with van der Waals surface area (Å²) in [4.78, 5) is 41.9. The Morgan fingerprint density at radius 1 is 0.978 bits per heavy atom. The van der Waals surface area contributed by atoms with E-state index < -0.39 is 0 Å². The molecule has 1 atom stereocenters. The molecule has 0 saturated carbocycles. The van der Waals surface area contributed by atoms with Crippen molar-refractivity contribution < 1.29 is 28.6 Å². The van der Waals surface area contributed by atoms with Crippen molar-refractivity contribution in [2.45, 2.75) is 78.7 Å². The summed E-state index contributed by atoms with van der Waals surface area (Å²) in [6.45, 7) is 15.6. The minimum Gasteiger partial charge on any atom is -0.496 e. The van der Waals surface area contributed by atoms with Gasteiger partial charge < -0.3 is 24.0 Å². The lowest BCUT2D eigenvalue weighted by molar-refractivity contribution is -0.134. The van der Waals surface area contributed by atoms with Gasteiger partial charge in [0.1, 0.15) is 5.75 Å². The van der Waals surface area contributed by atoms with Gasteiger partial charge in [0.15, 0.2) is 17.3 Å². The molecule has 1 fully saturated rings. The number of Topliss-reactive ketones (excluding diaryl/α,β-unsaturated/α-hetero) is 1. The standard InChI is InChI=1S/C38H52N2O6/c1-9-26(2)20-28(4)37(42)39(6)25-32-22-36(35(45-8)23-33(32)29(5)41)46-19-13-11-10-12-14-30-15-16-31(21-34(30)44-7)38(43)40-18-17-27(3)24-40/h15-16,21-23,28H,2-3,9-14,17-20,24-25H2,1,4-8H3. The second-order valence-electron chi connectivity index (χ2n) is 12.4. The number of rotatable bonds is 18. The van der Waals surface area contributed by atoms with E-state index in [1.807, 2.05) is 43.0 Å². The van der Waals surface area contributed by atoms with Gasteiger partial charge in [-0.05, 0) is 80.8 Å². The number of benzene rings is 2. The quantitative estimate of drug-likeness (QED) is 0.0965. The van der Waals surface area contributed by atoms with E-state index in [-0.39, 0.29) is 23.5 Å². The van der Waals surface area contributed by atoms with E-state index in [1.54, 1.807) is 32.2 Å². The fourth-order valence-corrected chi connectivity index (χ4v) is 5.82. The highest BCUT2D eigenvalue weighted by molar-refractivity contribution is 5.96. The van der Waals surface area contributed by atoms with E-state index in [4.69, 9.17) is 14.2 Å². The third-order valence-corrected chi connectivity index (χ3v) is 8.64. The summed E-state index contributed by atoms with van der Waals surface area (Å²) >= 11 is 0. The molecule has 3 rings (SSSR count). The average molecular weight is 633 g/mol. The zero-order valence-corrected chi connectivity index (χ0v) is 28.7. The van der Waals surface area contributed by atoms with Crippen molar-refractivity contribution in [3.8, 4) is 17.2 Å². The van der Waals surface area contributed by atoms with Crippen molar-refractivity contribution >= 4 is 17.6 Å². The summed E-state index contributed by atoms with van der Waals surface area (Å²) in [7, 11) is 4.97. The van der Waals surface area contributed by atoms with Gasteiger partial charge >= 0.3 is 0 Å². The molecule has 0 bridgehead atoms. The van der Waals surface area contributed by atoms with Crippen molar-refractivity contribution in [2.75, 3.05) is 41.0 Å². The van der Waals surface area contributed by atoms with Crippen LogP contribution in [-0.4, -0.2) is 68.4 Å². The second-order valence-corrected chi connectivity index (χ2v) is 12.4. The molecule has 1 aliphatic rings. The highest BCUT2D eigenvalue weighted by Gasteiger charge is 2.23. The third kappa shape index (κ3) is 9.96. The van der Waals surface area contributed by atoms with Crippen LogP contribution in [0.15, 0.2) is 54.6 Å². The van der Waals surface area contributed by atoms with E-state index >= 15 is 0 Å².